The number of nitrogens with one attached hydrogen (secondary N) is 1. The number of anilines is 1. The molecule has 0 radical (unpaired) electrons. The zero-order chi connectivity index (χ0) is 18.1. The van der Waals surface area contributed by atoms with Gasteiger partial charge < -0.3 is 4.74 Å². The van der Waals surface area contributed by atoms with Crippen LogP contribution in [0.5, 0.6) is 5.75 Å². The number of nitro groups is 1. The Morgan fingerprint density at radius 2 is 1.83 bits per heavy atom. The number of hydrogen-bond donors (Lipinski definition) is 1. The maximum Gasteiger partial charge on any atom is 0.274 e. The van der Waals surface area contributed by atoms with Crippen molar-refractivity contribution in [3.63, 3.8) is 0 Å². The maximum atomic E-state index is 12.5. The number of rotatable bonds is 5. The van der Waals surface area contributed by atoms with E-state index in [1.807, 2.05) is 0 Å². The average molecular weight is 391 g/mol. The summed E-state index contributed by atoms with van der Waals surface area (Å²) < 4.78 is 32.3. The van der Waals surface area contributed by atoms with Gasteiger partial charge in [-0.05, 0) is 25.1 Å². The van der Waals surface area contributed by atoms with Crippen LogP contribution in [-0.2, 0) is 10.0 Å². The van der Waals surface area contributed by atoms with Gasteiger partial charge in [0.15, 0.2) is 0 Å². The van der Waals surface area contributed by atoms with Gasteiger partial charge in [0.2, 0.25) is 0 Å². The fraction of sp³-hybridized carbons (Fsp3) is 0.143. The molecular weight excluding hydrogens is 379 g/mol. The number of nitrogens with zero attached hydrogens (tertiary/aromatic N) is 1. The van der Waals surface area contributed by atoms with E-state index in [-0.39, 0.29) is 37.6 Å². The molecule has 0 atom stereocenters. The van der Waals surface area contributed by atoms with E-state index in [2.05, 4.69) is 4.72 Å². The molecule has 0 bridgehead atoms. The smallest absolute Gasteiger partial charge is 0.274 e. The summed E-state index contributed by atoms with van der Waals surface area (Å²) in [6.07, 6.45) is 0. The Labute approximate surface area is 148 Å². The van der Waals surface area contributed by atoms with Crippen molar-refractivity contribution in [1.82, 2.24) is 0 Å². The molecule has 0 spiro atoms. The Morgan fingerprint density at radius 3 is 2.42 bits per heavy atom. The Bertz CT molecular complexity index is 916. The van der Waals surface area contributed by atoms with Gasteiger partial charge in [0.25, 0.3) is 15.7 Å². The molecule has 10 heteroatoms. The second kappa shape index (κ2) is 6.84. The van der Waals surface area contributed by atoms with E-state index in [0.717, 1.165) is 0 Å². The fourth-order valence-electron chi connectivity index (χ4n) is 2.01. The van der Waals surface area contributed by atoms with Crippen LogP contribution >= 0.6 is 23.2 Å². The topological polar surface area (TPSA) is 98.5 Å². The number of hydrogen-bond acceptors (Lipinski definition) is 5. The molecule has 0 aliphatic rings. The lowest BCUT2D eigenvalue weighted by Gasteiger charge is -2.13. The number of sulfonamides is 1. The van der Waals surface area contributed by atoms with E-state index >= 15 is 0 Å². The molecule has 0 saturated carbocycles. The first-order valence-electron chi connectivity index (χ1n) is 6.48. The van der Waals surface area contributed by atoms with Gasteiger partial charge in [-0.15, -0.1) is 0 Å². The molecule has 2 rings (SSSR count). The Kier molecular flexibility index (Phi) is 5.22. The van der Waals surface area contributed by atoms with Crippen molar-refractivity contribution in [2.75, 3.05) is 11.8 Å². The molecule has 0 aliphatic heterocycles. The molecule has 0 aliphatic carbocycles. The van der Waals surface area contributed by atoms with E-state index in [4.69, 9.17) is 27.9 Å². The van der Waals surface area contributed by atoms with Crippen LogP contribution in [-0.4, -0.2) is 20.5 Å². The van der Waals surface area contributed by atoms with Crippen molar-refractivity contribution in [1.29, 1.82) is 0 Å². The third-order valence-electron chi connectivity index (χ3n) is 3.27. The monoisotopic (exact) mass is 390 g/mol. The first-order valence-corrected chi connectivity index (χ1v) is 8.71. The maximum absolute atomic E-state index is 12.5. The second-order valence-corrected chi connectivity index (χ2v) is 7.11. The van der Waals surface area contributed by atoms with Crippen LogP contribution < -0.4 is 9.46 Å². The van der Waals surface area contributed by atoms with Gasteiger partial charge in [0.1, 0.15) is 15.7 Å². The van der Waals surface area contributed by atoms with E-state index in [9.17, 15) is 18.5 Å². The number of halogens is 2. The van der Waals surface area contributed by atoms with Crippen LogP contribution in [0.4, 0.5) is 11.4 Å². The van der Waals surface area contributed by atoms with Gasteiger partial charge in [-0.25, -0.2) is 8.42 Å². The molecule has 128 valence electrons. The van der Waals surface area contributed by atoms with E-state index < -0.39 is 14.9 Å². The molecule has 0 amide bonds. The number of ether oxygens (including phenoxy) is 1. The average Bonchev–Trinajstić information content (AvgIpc) is 2.51. The minimum atomic E-state index is -4.10. The van der Waals surface area contributed by atoms with Crippen molar-refractivity contribution in [3.05, 3.63) is 56.1 Å². The largest absolute Gasteiger partial charge is 0.495 e. The highest BCUT2D eigenvalue weighted by Crippen LogP contribution is 2.37. The highest BCUT2D eigenvalue weighted by atomic mass is 35.5. The third kappa shape index (κ3) is 3.40. The first kappa shape index (κ1) is 18.3. The highest BCUT2D eigenvalue weighted by molar-refractivity contribution is 7.92. The summed E-state index contributed by atoms with van der Waals surface area (Å²) in [7, 11) is -2.73. The van der Waals surface area contributed by atoms with Gasteiger partial charge in [0, 0.05) is 6.07 Å². The highest BCUT2D eigenvalue weighted by Gasteiger charge is 2.24. The van der Waals surface area contributed by atoms with Crippen molar-refractivity contribution in [2.45, 2.75) is 11.8 Å². The quantitative estimate of drug-likeness (QED) is 0.613. The summed E-state index contributed by atoms with van der Waals surface area (Å²) in [6, 6.07) is 6.68. The van der Waals surface area contributed by atoms with Gasteiger partial charge in [-0.3, -0.25) is 14.8 Å². The molecule has 0 aromatic heterocycles. The fourth-order valence-corrected chi connectivity index (χ4v) is 3.98. The first-order chi connectivity index (χ1) is 11.2. The van der Waals surface area contributed by atoms with Gasteiger partial charge in [0.05, 0.1) is 28.3 Å². The van der Waals surface area contributed by atoms with E-state index in [1.165, 1.54) is 44.4 Å². The van der Waals surface area contributed by atoms with Crippen LogP contribution in [0.2, 0.25) is 10.0 Å². The predicted molar refractivity (Wildman–Crippen MR) is 91.7 cm³/mol. The SMILES string of the molecule is COc1ccc(S(=O)(=O)Nc2cccc([N+](=O)[O-])c2C)c(Cl)c1Cl. The molecular formula is C14H12Cl2N2O5S. The molecule has 1 N–H and O–H groups in total. The molecule has 24 heavy (non-hydrogen) atoms. The molecule has 0 saturated heterocycles. The predicted octanol–water partition coefficient (Wildman–Crippen LogP) is 4.02. The lowest BCUT2D eigenvalue weighted by atomic mass is 10.2. The normalized spacial score (nSPS) is 11.2. The van der Waals surface area contributed by atoms with Crippen LogP contribution in [0, 0.1) is 17.0 Å². The standard InChI is InChI=1S/C14H12Cl2N2O5S/c1-8-9(4-3-5-10(8)18(19)20)17-24(21,22)12-7-6-11(23-2)13(15)14(12)16/h3-7,17H,1-2H3. The van der Waals surface area contributed by atoms with Gasteiger partial charge in [-0.1, -0.05) is 29.3 Å². The molecule has 0 heterocycles. The van der Waals surface area contributed by atoms with E-state index in [0.29, 0.717) is 0 Å². The summed E-state index contributed by atoms with van der Waals surface area (Å²) in [5.41, 5.74) is 0.0584. The number of nitro benzene ring substituents is 1. The lowest BCUT2D eigenvalue weighted by molar-refractivity contribution is -0.385. The minimum Gasteiger partial charge on any atom is -0.495 e. The van der Waals surface area contributed by atoms with Crippen LogP contribution in [0.3, 0.4) is 0 Å². The molecule has 2 aromatic rings. The number of methoxy groups -OCH3 is 1. The zero-order valence-electron chi connectivity index (χ0n) is 12.5. The Balaban J connectivity index is 2.49. The summed E-state index contributed by atoms with van der Waals surface area (Å²) in [5.74, 6) is 0.229. The lowest BCUT2D eigenvalue weighted by Crippen LogP contribution is -2.15. The minimum absolute atomic E-state index is 0.0437. The molecule has 0 unspecified atom stereocenters. The van der Waals surface area contributed by atoms with Crippen molar-refractivity contribution < 1.29 is 18.1 Å². The third-order valence-corrected chi connectivity index (χ3v) is 5.65. The summed E-state index contributed by atoms with van der Waals surface area (Å²) in [4.78, 5) is 10.1. The second-order valence-electron chi connectivity index (χ2n) is 4.71. The molecule has 7 nitrogen and oxygen atoms in total. The summed E-state index contributed by atoms with van der Waals surface area (Å²) in [5, 5.41) is 10.7. The number of benzene rings is 2. The van der Waals surface area contributed by atoms with Crippen LogP contribution in [0.15, 0.2) is 35.2 Å². The molecule has 0 fully saturated rings. The van der Waals surface area contributed by atoms with Crippen LogP contribution in [0.1, 0.15) is 5.56 Å². The zero-order valence-corrected chi connectivity index (χ0v) is 14.9. The van der Waals surface area contributed by atoms with Crippen LogP contribution in [0.25, 0.3) is 0 Å². The van der Waals surface area contributed by atoms with Gasteiger partial charge >= 0.3 is 0 Å². The van der Waals surface area contributed by atoms with E-state index in [1.54, 1.807) is 0 Å². The van der Waals surface area contributed by atoms with Crippen molar-refractivity contribution in [3.8, 4) is 5.75 Å². The van der Waals surface area contributed by atoms with Gasteiger partial charge in [-0.2, -0.15) is 0 Å². The Hall–Kier alpha value is -2.03. The van der Waals surface area contributed by atoms with Crippen molar-refractivity contribution >= 4 is 44.6 Å². The Morgan fingerprint density at radius 1 is 1.17 bits per heavy atom. The summed E-state index contributed by atoms with van der Waals surface area (Å²) >= 11 is 12.0. The summed E-state index contributed by atoms with van der Waals surface area (Å²) in [6.45, 7) is 1.44. The van der Waals surface area contributed by atoms with Crippen molar-refractivity contribution in [2.24, 2.45) is 0 Å². The molecule has 2 aromatic carbocycles.